The average Bonchev–Trinajstić information content (AvgIpc) is 2.25. The molecule has 0 aromatic carbocycles. The summed E-state index contributed by atoms with van der Waals surface area (Å²) in [4.78, 5) is 9.12. The van der Waals surface area contributed by atoms with Gasteiger partial charge in [0, 0.05) is 4.92 Å². The quantitative estimate of drug-likeness (QED) is 0.237. The molecule has 0 aliphatic carbocycles. The third-order valence-corrected chi connectivity index (χ3v) is 3.58. The summed E-state index contributed by atoms with van der Waals surface area (Å²) in [6, 6.07) is 0. The number of hydrogen-bond donors (Lipinski definition) is 0. The molecule has 0 heterocycles. The van der Waals surface area contributed by atoms with Crippen LogP contribution in [0.2, 0.25) is 0 Å². The van der Waals surface area contributed by atoms with Crippen molar-refractivity contribution < 1.29 is 17.5 Å². The third-order valence-electron chi connectivity index (χ3n) is 2.52. The number of unbranched alkanes of at least 4 members (excludes halogenated alkanes) is 7. The predicted molar refractivity (Wildman–Crippen MR) is 69.3 cm³/mol. The first kappa shape index (κ1) is 17.3. The number of hydrogen-bond acceptors (Lipinski definition) is 5. The molecule has 0 aliphatic heterocycles. The summed E-state index contributed by atoms with van der Waals surface area (Å²) in [5.74, 6) is -1.15. The lowest BCUT2D eigenvalue weighted by atomic mass is 10.1. The van der Waals surface area contributed by atoms with Crippen molar-refractivity contribution in [1.29, 1.82) is 0 Å². The van der Waals surface area contributed by atoms with Gasteiger partial charge in [-0.15, -0.1) is 0 Å². The van der Waals surface area contributed by atoms with Crippen LogP contribution in [0.5, 0.6) is 0 Å². The second kappa shape index (κ2) is 10.3. The molecule has 0 N–H and O–H groups in total. The van der Waals surface area contributed by atoms with Crippen LogP contribution in [0.4, 0.5) is 0 Å². The van der Waals surface area contributed by atoms with Gasteiger partial charge in [-0.3, -0.25) is 14.3 Å². The van der Waals surface area contributed by atoms with Crippen LogP contribution in [0.3, 0.4) is 0 Å². The fourth-order valence-electron chi connectivity index (χ4n) is 1.59. The molecule has 0 atom stereocenters. The minimum atomic E-state index is -3.98. The Morgan fingerprint density at radius 1 is 1.00 bits per heavy atom. The summed E-state index contributed by atoms with van der Waals surface area (Å²) < 4.78 is 26.5. The van der Waals surface area contributed by atoms with Crippen LogP contribution >= 0.6 is 0 Å². The first-order chi connectivity index (χ1) is 8.48. The Hall–Kier alpha value is -0.690. The fourth-order valence-corrected chi connectivity index (χ4v) is 2.29. The molecule has 18 heavy (non-hydrogen) atoms. The van der Waals surface area contributed by atoms with Gasteiger partial charge < -0.3 is 0 Å². The molecule has 108 valence electrons. The summed E-state index contributed by atoms with van der Waals surface area (Å²) >= 11 is 0. The van der Waals surface area contributed by atoms with E-state index in [0.717, 1.165) is 19.3 Å². The van der Waals surface area contributed by atoms with Gasteiger partial charge in [0.2, 0.25) is 0 Å². The minimum absolute atomic E-state index is 0.0468. The van der Waals surface area contributed by atoms with Gasteiger partial charge in [-0.25, -0.2) is 0 Å². The summed E-state index contributed by atoms with van der Waals surface area (Å²) in [7, 11) is -3.98. The zero-order valence-corrected chi connectivity index (χ0v) is 11.8. The maximum Gasteiger partial charge on any atom is 0.334 e. The van der Waals surface area contributed by atoms with E-state index in [-0.39, 0.29) is 6.61 Å². The molecule has 0 bridgehead atoms. The molecule has 0 saturated heterocycles. The Labute approximate surface area is 109 Å². The van der Waals surface area contributed by atoms with Gasteiger partial charge in [-0.2, -0.15) is 8.42 Å². The van der Waals surface area contributed by atoms with Crippen molar-refractivity contribution in [3.8, 4) is 0 Å². The van der Waals surface area contributed by atoms with E-state index in [1.807, 2.05) is 0 Å². The molecular weight excluding hydrogens is 258 g/mol. The van der Waals surface area contributed by atoms with Crippen LogP contribution in [0.1, 0.15) is 58.3 Å². The van der Waals surface area contributed by atoms with E-state index in [1.54, 1.807) is 0 Å². The van der Waals surface area contributed by atoms with E-state index in [1.165, 1.54) is 25.7 Å². The van der Waals surface area contributed by atoms with Crippen LogP contribution < -0.4 is 0 Å². The Morgan fingerprint density at radius 2 is 1.50 bits per heavy atom. The van der Waals surface area contributed by atoms with E-state index < -0.39 is 20.9 Å². The van der Waals surface area contributed by atoms with Crippen molar-refractivity contribution >= 4 is 10.1 Å². The Bertz CT molecular complexity index is 315. The van der Waals surface area contributed by atoms with E-state index in [0.29, 0.717) is 6.42 Å². The van der Waals surface area contributed by atoms with Gasteiger partial charge in [0.1, 0.15) is 0 Å². The highest BCUT2D eigenvalue weighted by molar-refractivity contribution is 7.86. The topological polar surface area (TPSA) is 86.5 Å². The van der Waals surface area contributed by atoms with E-state index in [2.05, 4.69) is 11.1 Å². The minimum Gasteiger partial charge on any atom is -0.265 e. The molecule has 7 heteroatoms. The fraction of sp³-hybridized carbons (Fsp3) is 1.00. The van der Waals surface area contributed by atoms with E-state index >= 15 is 0 Å². The number of nitro groups is 1. The largest absolute Gasteiger partial charge is 0.334 e. The number of rotatable bonds is 12. The van der Waals surface area contributed by atoms with Crippen molar-refractivity contribution in [3.05, 3.63) is 10.1 Å². The van der Waals surface area contributed by atoms with Crippen LogP contribution in [-0.4, -0.2) is 25.8 Å². The van der Waals surface area contributed by atoms with Crippen LogP contribution in [0.25, 0.3) is 0 Å². The summed E-state index contributed by atoms with van der Waals surface area (Å²) in [5.41, 5.74) is 0. The van der Waals surface area contributed by atoms with Gasteiger partial charge in [0.25, 0.3) is 0 Å². The SMILES string of the molecule is CCCCCCCCCCOS(=O)(=O)C[N+](=O)[O-]. The molecule has 0 saturated carbocycles. The highest BCUT2D eigenvalue weighted by Gasteiger charge is 2.18. The van der Waals surface area contributed by atoms with Crippen molar-refractivity contribution in [2.75, 3.05) is 12.5 Å². The van der Waals surface area contributed by atoms with Gasteiger partial charge in [0.15, 0.2) is 0 Å². The zero-order chi connectivity index (χ0) is 13.9. The molecule has 0 unspecified atom stereocenters. The van der Waals surface area contributed by atoms with Gasteiger partial charge in [-0.1, -0.05) is 51.9 Å². The lowest BCUT2D eigenvalue weighted by Gasteiger charge is -2.02. The molecule has 0 rings (SSSR count). The smallest absolute Gasteiger partial charge is 0.265 e. The molecule has 0 aromatic rings. The lowest BCUT2D eigenvalue weighted by Crippen LogP contribution is -2.17. The number of nitrogens with zero attached hydrogens (tertiary/aromatic N) is 1. The van der Waals surface area contributed by atoms with Crippen LogP contribution in [0, 0.1) is 10.1 Å². The second-order valence-corrected chi connectivity index (χ2v) is 5.93. The maximum atomic E-state index is 11.0. The standard InChI is InChI=1S/C11H23NO5S/c1-2-3-4-5-6-7-8-9-10-17-18(15,16)11-12(13)14/h2-11H2,1H3. The third kappa shape index (κ3) is 11.8. The molecule has 0 fully saturated rings. The Kier molecular flexibility index (Phi) is 9.86. The molecule has 6 nitrogen and oxygen atoms in total. The lowest BCUT2D eigenvalue weighted by molar-refractivity contribution is -0.459. The van der Waals surface area contributed by atoms with E-state index in [9.17, 15) is 18.5 Å². The normalized spacial score (nSPS) is 11.6. The zero-order valence-electron chi connectivity index (χ0n) is 11.0. The van der Waals surface area contributed by atoms with Crippen molar-refractivity contribution in [3.63, 3.8) is 0 Å². The maximum absolute atomic E-state index is 11.0. The van der Waals surface area contributed by atoms with Crippen molar-refractivity contribution in [2.24, 2.45) is 0 Å². The molecular formula is C11H23NO5S. The average molecular weight is 281 g/mol. The highest BCUT2D eigenvalue weighted by Crippen LogP contribution is 2.08. The summed E-state index contributed by atoms with van der Waals surface area (Å²) in [6.07, 6.45) is 8.71. The Morgan fingerprint density at radius 3 is 2.00 bits per heavy atom. The monoisotopic (exact) mass is 281 g/mol. The summed E-state index contributed by atoms with van der Waals surface area (Å²) in [5, 5.41) is 10.0. The molecule has 0 spiro atoms. The molecule has 0 radical (unpaired) electrons. The summed E-state index contributed by atoms with van der Waals surface area (Å²) in [6.45, 7) is 2.22. The van der Waals surface area contributed by atoms with Crippen molar-refractivity contribution in [2.45, 2.75) is 58.3 Å². The predicted octanol–water partition coefficient (Wildman–Crippen LogP) is 2.71. The molecule has 0 aromatic heterocycles. The highest BCUT2D eigenvalue weighted by atomic mass is 32.2. The van der Waals surface area contributed by atoms with E-state index in [4.69, 9.17) is 0 Å². The van der Waals surface area contributed by atoms with Crippen LogP contribution in [-0.2, 0) is 14.3 Å². The second-order valence-electron chi connectivity index (χ2n) is 4.32. The molecule has 0 amide bonds. The van der Waals surface area contributed by atoms with Gasteiger partial charge in [-0.05, 0) is 6.42 Å². The van der Waals surface area contributed by atoms with Gasteiger partial charge in [0.05, 0.1) is 6.61 Å². The van der Waals surface area contributed by atoms with Crippen molar-refractivity contribution in [1.82, 2.24) is 0 Å². The van der Waals surface area contributed by atoms with Crippen LogP contribution in [0.15, 0.2) is 0 Å². The molecule has 0 aliphatic rings. The van der Waals surface area contributed by atoms with Gasteiger partial charge >= 0.3 is 16.0 Å². The first-order valence-corrected chi connectivity index (χ1v) is 8.04. The first-order valence-electron chi connectivity index (χ1n) is 6.47. The Balaban J connectivity index is 3.37.